The van der Waals surface area contributed by atoms with Crippen molar-refractivity contribution < 1.29 is 29.8 Å². The summed E-state index contributed by atoms with van der Waals surface area (Å²) in [5.41, 5.74) is 0. The fourth-order valence-corrected chi connectivity index (χ4v) is 0. The van der Waals surface area contributed by atoms with Crippen molar-refractivity contribution in [2.45, 2.75) is 0 Å². The third-order valence-corrected chi connectivity index (χ3v) is 0. The van der Waals surface area contributed by atoms with Gasteiger partial charge < -0.3 is 9.41 Å². The summed E-state index contributed by atoms with van der Waals surface area (Å²) >= 11 is 0. The van der Waals surface area contributed by atoms with Gasteiger partial charge in [0.2, 0.25) is 0 Å². The molecule has 0 aromatic heterocycles. The molecule has 26 valence electrons. The van der Waals surface area contributed by atoms with Gasteiger partial charge in [-0.2, -0.15) is 0 Å². The van der Waals surface area contributed by atoms with E-state index in [1.807, 2.05) is 0 Å². The van der Waals surface area contributed by atoms with Crippen molar-refractivity contribution in [3.63, 3.8) is 0 Å². The van der Waals surface area contributed by atoms with Crippen LogP contribution in [0.15, 0.2) is 0 Å². The normalized spacial score (nSPS) is 0. The predicted molar refractivity (Wildman–Crippen MR) is 5.75 cm³/mol. The number of hydrogen-bond acceptors (Lipinski definition) is 0. The number of rotatable bonds is 0. The maximum atomic E-state index is 0. The van der Waals surface area contributed by atoms with Crippen LogP contribution in [0.1, 0.15) is 0 Å². The van der Waals surface area contributed by atoms with Crippen molar-refractivity contribution in [3.8, 4) is 0 Å². The Hall–Kier alpha value is 1.78. The zero-order valence-electron chi connectivity index (χ0n) is 1.78. The largest absolute Gasteiger partial charge is 2.00 e. The average molecular weight is 184 g/mol. The number of hydrogen-bond donors (Lipinski definition) is 0. The zero-order valence-corrected chi connectivity index (χ0v) is 5.54. The van der Waals surface area contributed by atoms with Gasteiger partial charge in [0.25, 0.3) is 0 Å². The Kier molecular flexibility index (Phi) is 224. The molecule has 0 amide bonds. The van der Waals surface area contributed by atoms with Crippen LogP contribution in [-0.2, 0) is 20.4 Å². The van der Waals surface area contributed by atoms with Gasteiger partial charge in [0.1, 0.15) is 0 Å². The molecule has 0 N–H and O–H groups in total. The molecule has 0 aromatic carbocycles. The molecule has 0 aromatic rings. The minimum Gasteiger partial charge on any atom is -1.00 e. The molecule has 0 unspecified atom stereocenters. The molecule has 0 fully saturated rings. The van der Waals surface area contributed by atoms with E-state index in [1.54, 1.807) is 0 Å². The van der Waals surface area contributed by atoms with Crippen LogP contribution in [0, 0.1) is 0 Å². The van der Waals surface area contributed by atoms with Gasteiger partial charge in [0, 0.05) is 20.4 Å². The van der Waals surface area contributed by atoms with Gasteiger partial charge in [-0.25, -0.2) is 0 Å². The number of halogens is 2. The minimum absolute atomic E-state index is 0. The topological polar surface area (TPSA) is 0 Å². The molecule has 0 saturated carbocycles. The van der Waals surface area contributed by atoms with Crippen molar-refractivity contribution in [2.75, 3.05) is 0 Å². The molecule has 0 rings (SSSR count). The Morgan fingerprint density at radius 3 is 0.750 bits per heavy atom. The zero-order chi connectivity index (χ0) is 0. The molecule has 0 atom stereocenters. The van der Waals surface area contributed by atoms with Gasteiger partial charge in [-0.1, -0.05) is 0 Å². The Morgan fingerprint density at radius 2 is 0.750 bits per heavy atom. The molecule has 0 nitrogen and oxygen atoms in total. The van der Waals surface area contributed by atoms with Crippen molar-refractivity contribution >= 4 is 37.7 Å². The van der Waals surface area contributed by atoms with E-state index in [0.717, 1.165) is 0 Å². The monoisotopic (exact) mass is 184 g/mol. The van der Waals surface area contributed by atoms with E-state index < -0.39 is 0 Å². The third kappa shape index (κ3) is 9.22. The summed E-state index contributed by atoms with van der Waals surface area (Å²) in [6.45, 7) is 0. The molecule has 0 bridgehead atoms. The van der Waals surface area contributed by atoms with Crippen LogP contribution in [0.4, 0.5) is 0 Å². The fraction of sp³-hybridized carbons (Fsp3) is 0. The van der Waals surface area contributed by atoms with Gasteiger partial charge in [-0.3, -0.25) is 0 Å². The fourth-order valence-electron chi connectivity index (χ4n) is 0. The maximum absolute atomic E-state index is 0. The second kappa shape index (κ2) is 21.5. The molecule has 4 heavy (non-hydrogen) atoms. The minimum atomic E-state index is 0. The summed E-state index contributed by atoms with van der Waals surface area (Å²) in [5.74, 6) is 0. The predicted octanol–water partition coefficient (Wildman–Crippen LogP) is -6.38. The first kappa shape index (κ1) is 41.6. The summed E-state index contributed by atoms with van der Waals surface area (Å²) in [6.07, 6.45) is 0. The molecule has 0 saturated heterocycles. The van der Waals surface area contributed by atoms with Gasteiger partial charge in [-0.15, -0.1) is 0 Å². The van der Waals surface area contributed by atoms with E-state index in [0.29, 0.717) is 0 Å². The summed E-state index contributed by atoms with van der Waals surface area (Å²) in [4.78, 5) is 0. The first-order valence-electron chi connectivity index (χ1n) is 0. The van der Waals surface area contributed by atoms with Gasteiger partial charge >= 0.3 is 37.7 Å². The van der Waals surface area contributed by atoms with Crippen LogP contribution < -0.4 is 9.41 Å². The molecular weight excluding hydrogens is 184 g/mol. The average Bonchev–Trinajstić information content (AvgIpc) is 0. The van der Waals surface area contributed by atoms with E-state index in [1.165, 1.54) is 0 Å². The van der Waals surface area contributed by atoms with Crippen molar-refractivity contribution in [1.29, 1.82) is 0 Å². The van der Waals surface area contributed by atoms with Crippen LogP contribution in [0.5, 0.6) is 0 Å². The van der Waals surface area contributed by atoms with Crippen LogP contribution in [0.2, 0.25) is 0 Å². The molecule has 0 radical (unpaired) electrons. The first-order chi connectivity index (χ1) is 0. The van der Waals surface area contributed by atoms with Crippen molar-refractivity contribution in [2.24, 2.45) is 0 Å². The van der Waals surface area contributed by atoms with Crippen LogP contribution in [-0.4, -0.2) is 37.7 Å². The van der Waals surface area contributed by atoms with E-state index in [2.05, 4.69) is 0 Å². The molecule has 0 aliphatic rings. The maximum Gasteiger partial charge on any atom is 2.00 e. The van der Waals surface area contributed by atoms with E-state index >= 15 is 0 Å². The van der Waals surface area contributed by atoms with Crippen molar-refractivity contribution in [3.05, 3.63) is 0 Å². The summed E-state index contributed by atoms with van der Waals surface area (Å²) in [7, 11) is 0. The van der Waals surface area contributed by atoms with Crippen LogP contribution >= 0.6 is 0 Å². The second-order valence-corrected chi connectivity index (χ2v) is 0. The first-order valence-corrected chi connectivity index (χ1v) is 0. The van der Waals surface area contributed by atoms with Gasteiger partial charge in [0.15, 0.2) is 0 Å². The van der Waals surface area contributed by atoms with Gasteiger partial charge in [0.05, 0.1) is 0 Å². The Bertz CT molecular complexity index is 6.00. The van der Waals surface area contributed by atoms with E-state index in [4.69, 9.17) is 0 Å². The van der Waals surface area contributed by atoms with Crippen LogP contribution in [0.25, 0.3) is 0 Å². The second-order valence-electron chi connectivity index (χ2n) is 0. The molecular formula is CaF2Pd. The van der Waals surface area contributed by atoms with Crippen molar-refractivity contribution in [1.82, 2.24) is 0 Å². The van der Waals surface area contributed by atoms with E-state index in [9.17, 15) is 0 Å². The summed E-state index contributed by atoms with van der Waals surface area (Å²) in [6, 6.07) is 0. The molecule has 0 aliphatic carbocycles. The SMILES string of the molecule is [Ca+2].[F-].[F-].[Pd]. The molecule has 0 aliphatic heterocycles. The van der Waals surface area contributed by atoms with Crippen LogP contribution in [0.3, 0.4) is 0 Å². The Labute approximate surface area is 66.7 Å². The Balaban J connectivity index is 0. The third-order valence-electron chi connectivity index (χ3n) is 0. The molecule has 0 heterocycles. The summed E-state index contributed by atoms with van der Waals surface area (Å²) < 4.78 is 0. The molecule has 0 spiro atoms. The van der Waals surface area contributed by atoms with E-state index in [-0.39, 0.29) is 67.6 Å². The standard InChI is InChI=1S/Ca.2FH.Pd/h;2*1H;/q+2;;;/p-2. The summed E-state index contributed by atoms with van der Waals surface area (Å²) in [5, 5.41) is 0. The van der Waals surface area contributed by atoms with Gasteiger partial charge in [-0.05, 0) is 0 Å². The molecule has 4 heteroatoms. The smallest absolute Gasteiger partial charge is 1.00 e. The quantitative estimate of drug-likeness (QED) is 0.329. The Morgan fingerprint density at radius 1 is 0.750 bits per heavy atom.